The van der Waals surface area contributed by atoms with Crippen LogP contribution in [0.5, 0.6) is 0 Å². The van der Waals surface area contributed by atoms with Gasteiger partial charge in [0.25, 0.3) is 0 Å². The van der Waals surface area contributed by atoms with Gasteiger partial charge in [-0.25, -0.2) is 4.79 Å². The summed E-state index contributed by atoms with van der Waals surface area (Å²) in [5.74, 6) is -2.00. The van der Waals surface area contributed by atoms with Crippen molar-refractivity contribution in [3.05, 3.63) is 59.7 Å². The van der Waals surface area contributed by atoms with Crippen molar-refractivity contribution in [3.8, 4) is 11.1 Å². The summed E-state index contributed by atoms with van der Waals surface area (Å²) in [5.41, 5.74) is 4.29. The maximum absolute atomic E-state index is 12.4. The molecule has 0 aliphatic heterocycles. The molecule has 0 saturated carbocycles. The second kappa shape index (κ2) is 10.8. The number of aliphatic hydroxyl groups excluding tert-OH is 1. The zero-order valence-corrected chi connectivity index (χ0v) is 17.9. The minimum Gasteiger partial charge on any atom is -0.481 e. The van der Waals surface area contributed by atoms with Gasteiger partial charge in [-0.2, -0.15) is 0 Å². The molecule has 0 fully saturated rings. The van der Waals surface area contributed by atoms with Gasteiger partial charge in [-0.1, -0.05) is 55.5 Å². The van der Waals surface area contributed by atoms with Gasteiger partial charge in [-0.15, -0.1) is 0 Å². The van der Waals surface area contributed by atoms with Gasteiger partial charge in [0, 0.05) is 12.5 Å². The highest BCUT2D eigenvalue weighted by Crippen LogP contribution is 2.44. The average Bonchev–Trinajstić information content (AvgIpc) is 3.10. The van der Waals surface area contributed by atoms with Crippen LogP contribution in [0.4, 0.5) is 4.79 Å². The van der Waals surface area contributed by atoms with Crippen LogP contribution in [0.25, 0.3) is 11.1 Å². The maximum Gasteiger partial charge on any atom is 0.407 e. The van der Waals surface area contributed by atoms with Crippen LogP contribution >= 0.6 is 0 Å². The fraction of sp³-hybridized carbons (Fsp3) is 0.375. The molecular weight excluding hydrogens is 412 g/mol. The van der Waals surface area contributed by atoms with E-state index in [0.717, 1.165) is 22.3 Å². The molecule has 2 atom stereocenters. The van der Waals surface area contributed by atoms with Crippen LogP contribution in [0, 0.1) is 0 Å². The monoisotopic (exact) mass is 440 g/mol. The van der Waals surface area contributed by atoms with Gasteiger partial charge in [0.15, 0.2) is 0 Å². The van der Waals surface area contributed by atoms with E-state index in [1.165, 1.54) is 0 Å². The van der Waals surface area contributed by atoms with Crippen molar-refractivity contribution in [1.82, 2.24) is 10.6 Å². The predicted molar refractivity (Wildman–Crippen MR) is 118 cm³/mol. The normalized spacial score (nSPS) is 14.1. The van der Waals surface area contributed by atoms with Crippen LogP contribution in [0.1, 0.15) is 43.2 Å². The van der Waals surface area contributed by atoms with Gasteiger partial charge in [-0.05, 0) is 35.1 Å². The third kappa shape index (κ3) is 5.64. The molecule has 8 heteroatoms. The molecule has 2 aromatic carbocycles. The number of hydrogen-bond donors (Lipinski definition) is 4. The number of fused-ring (bicyclic) bond motifs is 3. The Morgan fingerprint density at radius 2 is 1.62 bits per heavy atom. The van der Waals surface area contributed by atoms with Crippen LogP contribution in [0.2, 0.25) is 0 Å². The fourth-order valence-corrected chi connectivity index (χ4v) is 3.86. The lowest BCUT2D eigenvalue weighted by atomic mass is 9.98. The Balaban J connectivity index is 1.60. The Morgan fingerprint density at radius 1 is 1.03 bits per heavy atom. The van der Waals surface area contributed by atoms with Crippen molar-refractivity contribution in [2.24, 2.45) is 0 Å². The summed E-state index contributed by atoms with van der Waals surface area (Å²) in [5, 5.41) is 23.6. The minimum atomic E-state index is -1.28. The van der Waals surface area contributed by atoms with E-state index in [0.29, 0.717) is 12.8 Å². The lowest BCUT2D eigenvalue weighted by Crippen LogP contribution is -2.48. The number of carbonyl (C=O) groups is 3. The highest BCUT2D eigenvalue weighted by molar-refractivity contribution is 5.89. The van der Waals surface area contributed by atoms with E-state index in [9.17, 15) is 19.5 Å². The first-order valence-electron chi connectivity index (χ1n) is 10.7. The standard InChI is InChI=1S/C24H28N2O6/c1-2-15(27)11-12-25-23(30)21(13-22(28)29)26-24(31)32-14-20-18-9-5-3-7-16(18)17-8-4-6-10-19(17)20/h3-10,15,20-21,27H,2,11-14H2,1H3,(H,25,30)(H,26,31)(H,28,29). The van der Waals surface area contributed by atoms with Crippen LogP contribution in [-0.4, -0.2) is 53.5 Å². The maximum atomic E-state index is 12.4. The average molecular weight is 440 g/mol. The number of ether oxygens (including phenoxy) is 1. The first kappa shape index (κ1) is 23.3. The number of alkyl carbamates (subject to hydrolysis) is 1. The molecule has 2 aromatic rings. The summed E-state index contributed by atoms with van der Waals surface area (Å²) in [6.45, 7) is 2.05. The highest BCUT2D eigenvalue weighted by atomic mass is 16.5. The van der Waals surface area contributed by atoms with Gasteiger partial charge in [0.05, 0.1) is 12.5 Å². The van der Waals surface area contributed by atoms with E-state index in [4.69, 9.17) is 9.84 Å². The number of carbonyl (C=O) groups excluding carboxylic acids is 2. The number of aliphatic carboxylic acids is 1. The summed E-state index contributed by atoms with van der Waals surface area (Å²) in [4.78, 5) is 35.9. The number of hydrogen-bond acceptors (Lipinski definition) is 5. The molecule has 0 heterocycles. The quantitative estimate of drug-likeness (QED) is 0.450. The van der Waals surface area contributed by atoms with Gasteiger partial charge in [0.2, 0.25) is 5.91 Å². The topological polar surface area (TPSA) is 125 Å². The molecule has 32 heavy (non-hydrogen) atoms. The lowest BCUT2D eigenvalue weighted by molar-refractivity contribution is -0.139. The Morgan fingerprint density at radius 3 is 2.19 bits per heavy atom. The molecule has 2 amide bonds. The van der Waals surface area contributed by atoms with E-state index in [1.54, 1.807) is 0 Å². The summed E-state index contributed by atoms with van der Waals surface area (Å²) in [6, 6.07) is 14.5. The number of benzene rings is 2. The van der Waals surface area contributed by atoms with Crippen LogP contribution in [0.15, 0.2) is 48.5 Å². The Labute approximate surface area is 186 Å². The zero-order chi connectivity index (χ0) is 23.1. The van der Waals surface area contributed by atoms with Crippen molar-refractivity contribution >= 4 is 18.0 Å². The molecule has 4 N–H and O–H groups in total. The first-order chi connectivity index (χ1) is 15.4. The molecule has 170 valence electrons. The minimum absolute atomic E-state index is 0.0595. The third-order valence-corrected chi connectivity index (χ3v) is 5.58. The molecule has 0 aromatic heterocycles. The van der Waals surface area contributed by atoms with E-state index < -0.39 is 36.5 Å². The van der Waals surface area contributed by atoms with E-state index in [2.05, 4.69) is 10.6 Å². The number of nitrogens with one attached hydrogen (secondary N) is 2. The number of rotatable bonds is 10. The van der Waals surface area contributed by atoms with Crippen molar-refractivity contribution in [2.45, 2.75) is 44.2 Å². The van der Waals surface area contributed by atoms with Crippen molar-refractivity contribution in [2.75, 3.05) is 13.2 Å². The summed E-state index contributed by atoms with van der Waals surface area (Å²) in [7, 11) is 0. The summed E-state index contributed by atoms with van der Waals surface area (Å²) >= 11 is 0. The summed E-state index contributed by atoms with van der Waals surface area (Å²) in [6.07, 6.45) is -1.10. The van der Waals surface area contributed by atoms with Crippen LogP contribution in [0.3, 0.4) is 0 Å². The largest absolute Gasteiger partial charge is 0.481 e. The number of carboxylic acid groups (broad SMARTS) is 1. The molecule has 0 bridgehead atoms. The Bertz CT molecular complexity index is 931. The first-order valence-corrected chi connectivity index (χ1v) is 10.7. The van der Waals surface area contributed by atoms with Gasteiger partial charge < -0.3 is 25.6 Å². The number of aliphatic hydroxyl groups is 1. The highest BCUT2D eigenvalue weighted by Gasteiger charge is 2.30. The lowest BCUT2D eigenvalue weighted by Gasteiger charge is -2.19. The third-order valence-electron chi connectivity index (χ3n) is 5.58. The summed E-state index contributed by atoms with van der Waals surface area (Å²) < 4.78 is 5.40. The van der Waals surface area contributed by atoms with Gasteiger partial charge in [0.1, 0.15) is 12.6 Å². The van der Waals surface area contributed by atoms with E-state index >= 15 is 0 Å². The van der Waals surface area contributed by atoms with Crippen LogP contribution in [-0.2, 0) is 14.3 Å². The molecule has 1 aliphatic carbocycles. The smallest absolute Gasteiger partial charge is 0.407 e. The molecule has 1 aliphatic rings. The van der Waals surface area contributed by atoms with Gasteiger partial charge >= 0.3 is 12.1 Å². The van der Waals surface area contributed by atoms with Crippen molar-refractivity contribution in [3.63, 3.8) is 0 Å². The second-order valence-electron chi connectivity index (χ2n) is 7.76. The fourth-order valence-electron chi connectivity index (χ4n) is 3.86. The molecule has 8 nitrogen and oxygen atoms in total. The van der Waals surface area contributed by atoms with Crippen LogP contribution < -0.4 is 10.6 Å². The molecule has 2 unspecified atom stereocenters. The van der Waals surface area contributed by atoms with E-state index in [-0.39, 0.29) is 19.1 Å². The molecule has 3 rings (SSSR count). The molecule has 0 radical (unpaired) electrons. The van der Waals surface area contributed by atoms with Crippen molar-refractivity contribution in [1.29, 1.82) is 0 Å². The van der Waals surface area contributed by atoms with Crippen molar-refractivity contribution < 1.29 is 29.3 Å². The van der Waals surface area contributed by atoms with E-state index in [1.807, 2.05) is 55.5 Å². The molecular formula is C24H28N2O6. The zero-order valence-electron chi connectivity index (χ0n) is 17.9. The second-order valence-corrected chi connectivity index (χ2v) is 7.76. The SMILES string of the molecule is CCC(O)CCNC(=O)C(CC(=O)O)NC(=O)OCC1c2ccccc2-c2ccccc21. The Kier molecular flexibility index (Phi) is 7.83. The predicted octanol–water partition coefficient (Wildman–Crippen LogP) is 2.65. The number of carboxylic acids is 1. The molecule has 0 saturated heterocycles. The number of amides is 2. The Hall–Kier alpha value is -3.39. The molecule has 0 spiro atoms. The van der Waals surface area contributed by atoms with Gasteiger partial charge in [-0.3, -0.25) is 9.59 Å².